The molecule has 0 radical (unpaired) electrons. The van der Waals surface area contributed by atoms with Gasteiger partial charge in [0.2, 0.25) is 0 Å². The first-order valence-corrected chi connectivity index (χ1v) is 13.5. The van der Waals surface area contributed by atoms with Gasteiger partial charge < -0.3 is 19.9 Å². The number of hydrogen-bond donors (Lipinski definition) is 2. The molecule has 34 heavy (non-hydrogen) atoms. The number of carbonyl (C=O) groups excluding carboxylic acids is 1. The normalized spacial score (nSPS) is 14.4. The van der Waals surface area contributed by atoms with Crippen molar-refractivity contribution in [2.45, 2.75) is 38.0 Å². The Morgan fingerprint density at radius 1 is 1.12 bits per heavy atom. The number of anilines is 1. The number of ether oxygens (including phenoxy) is 1. The Balaban J connectivity index is 1.39. The average molecular weight is 484 g/mol. The molecule has 0 spiro atoms. The molecular weight excluding hydrogens is 450 g/mol. The largest absolute Gasteiger partial charge is 0.493 e. The van der Waals surface area contributed by atoms with E-state index in [1.54, 1.807) is 26.0 Å². The highest BCUT2D eigenvalue weighted by atomic mass is 32.2. The number of rotatable bonds is 10. The molecule has 7 nitrogen and oxygen atoms in total. The third-order valence-corrected chi connectivity index (χ3v) is 8.71. The molecule has 8 heteroatoms. The highest BCUT2D eigenvalue weighted by Gasteiger charge is 2.29. The number of nitrogens with zero attached hydrogens (tertiary/aromatic N) is 1. The van der Waals surface area contributed by atoms with Gasteiger partial charge >= 0.3 is 0 Å². The molecule has 182 valence electrons. The highest BCUT2D eigenvalue weighted by Crippen LogP contribution is 2.29. The van der Waals surface area contributed by atoms with E-state index < -0.39 is 14.6 Å². The van der Waals surface area contributed by atoms with Crippen molar-refractivity contribution in [2.24, 2.45) is 13.0 Å². The molecule has 3 aromatic rings. The maximum absolute atomic E-state index is 12.7. The fraction of sp³-hybridized carbons (Fsp3) is 0.423. The number of benzene rings is 2. The van der Waals surface area contributed by atoms with Crippen LogP contribution < -0.4 is 15.4 Å². The Kier molecular flexibility index (Phi) is 6.73. The second-order valence-electron chi connectivity index (χ2n) is 9.84. The Morgan fingerprint density at radius 2 is 1.82 bits per heavy atom. The number of aromatic nitrogens is 1. The molecule has 1 saturated carbocycles. The fourth-order valence-corrected chi connectivity index (χ4v) is 4.05. The summed E-state index contributed by atoms with van der Waals surface area (Å²) in [7, 11) is -1.18. The maximum atomic E-state index is 12.7. The molecule has 1 aromatic heterocycles. The van der Waals surface area contributed by atoms with E-state index in [9.17, 15) is 13.2 Å². The van der Waals surface area contributed by atoms with E-state index in [1.165, 1.54) is 19.1 Å². The lowest BCUT2D eigenvalue weighted by molar-refractivity contribution is 0.102. The number of hydrogen-bond acceptors (Lipinski definition) is 5. The molecule has 0 bridgehead atoms. The molecule has 0 aliphatic heterocycles. The van der Waals surface area contributed by atoms with Gasteiger partial charge in [0, 0.05) is 54.2 Å². The highest BCUT2D eigenvalue weighted by molar-refractivity contribution is 7.92. The van der Waals surface area contributed by atoms with Gasteiger partial charge in [0.1, 0.15) is 5.75 Å². The molecule has 2 N–H and O–H groups in total. The Morgan fingerprint density at radius 3 is 2.47 bits per heavy atom. The topological polar surface area (TPSA) is 89.4 Å². The summed E-state index contributed by atoms with van der Waals surface area (Å²) < 4.78 is 30.8. The number of aryl methyl sites for hydroxylation is 1. The van der Waals surface area contributed by atoms with Crippen molar-refractivity contribution in [1.29, 1.82) is 0 Å². The van der Waals surface area contributed by atoms with E-state index >= 15 is 0 Å². The van der Waals surface area contributed by atoms with Gasteiger partial charge in [-0.1, -0.05) is 0 Å². The van der Waals surface area contributed by atoms with Crippen LogP contribution in [0.3, 0.4) is 0 Å². The second-order valence-corrected chi connectivity index (χ2v) is 12.5. The zero-order chi connectivity index (χ0) is 24.5. The lowest BCUT2D eigenvalue weighted by atomic mass is 10.2. The van der Waals surface area contributed by atoms with Crippen molar-refractivity contribution in [3.63, 3.8) is 0 Å². The molecule has 1 aliphatic rings. The molecule has 1 aliphatic carbocycles. The predicted octanol–water partition coefficient (Wildman–Crippen LogP) is 4.13. The van der Waals surface area contributed by atoms with Gasteiger partial charge in [0.15, 0.2) is 9.84 Å². The van der Waals surface area contributed by atoms with Crippen LogP contribution in [0, 0.1) is 5.92 Å². The summed E-state index contributed by atoms with van der Waals surface area (Å²) in [5, 5.41) is 7.23. The summed E-state index contributed by atoms with van der Waals surface area (Å²) in [4.78, 5) is 12.7. The van der Waals surface area contributed by atoms with E-state index in [4.69, 9.17) is 4.74 Å². The number of nitrogens with one attached hydrogen (secondary N) is 2. The van der Waals surface area contributed by atoms with Crippen LogP contribution in [-0.4, -0.2) is 43.0 Å². The minimum Gasteiger partial charge on any atom is -0.493 e. The third-order valence-electron chi connectivity index (χ3n) is 6.56. The van der Waals surface area contributed by atoms with Gasteiger partial charge in [-0.3, -0.25) is 4.79 Å². The molecule has 0 saturated heterocycles. The Bertz CT molecular complexity index is 1290. The SMILES string of the molecule is Cn1c(CNCC(C)(C)S(C)(=O)=O)cc2cc(NC(=O)c3ccc(OCC4CC4)cc3)ccc21. The van der Waals surface area contributed by atoms with Gasteiger partial charge in [0.05, 0.1) is 11.4 Å². The molecular formula is C26H33N3O4S. The van der Waals surface area contributed by atoms with Crippen LogP contribution in [0.1, 0.15) is 42.7 Å². The van der Waals surface area contributed by atoms with Crippen LogP contribution >= 0.6 is 0 Å². The maximum Gasteiger partial charge on any atom is 0.255 e. The summed E-state index contributed by atoms with van der Waals surface area (Å²) >= 11 is 0. The van der Waals surface area contributed by atoms with E-state index in [0.717, 1.165) is 34.6 Å². The average Bonchev–Trinajstić information content (AvgIpc) is 3.56. The smallest absolute Gasteiger partial charge is 0.255 e. The number of fused-ring (bicyclic) bond motifs is 1. The Labute approximate surface area is 201 Å². The van der Waals surface area contributed by atoms with Crippen molar-refractivity contribution in [1.82, 2.24) is 9.88 Å². The van der Waals surface area contributed by atoms with Crippen LogP contribution in [0.2, 0.25) is 0 Å². The minimum atomic E-state index is -3.15. The number of carbonyl (C=O) groups is 1. The quantitative estimate of drug-likeness (QED) is 0.453. The van der Waals surface area contributed by atoms with Crippen molar-refractivity contribution in [3.8, 4) is 5.75 Å². The van der Waals surface area contributed by atoms with Gasteiger partial charge in [-0.05, 0) is 81.1 Å². The monoisotopic (exact) mass is 483 g/mol. The molecule has 1 amide bonds. The van der Waals surface area contributed by atoms with Gasteiger partial charge in [-0.2, -0.15) is 0 Å². The van der Waals surface area contributed by atoms with Gasteiger partial charge in [-0.25, -0.2) is 8.42 Å². The van der Waals surface area contributed by atoms with Gasteiger partial charge in [0.25, 0.3) is 5.91 Å². The molecule has 1 fully saturated rings. The predicted molar refractivity (Wildman–Crippen MR) is 136 cm³/mol. The van der Waals surface area contributed by atoms with E-state index in [2.05, 4.69) is 21.3 Å². The molecule has 2 aromatic carbocycles. The fourth-order valence-electron chi connectivity index (χ4n) is 3.68. The van der Waals surface area contributed by atoms with E-state index in [-0.39, 0.29) is 5.91 Å². The second kappa shape index (κ2) is 9.43. The lowest BCUT2D eigenvalue weighted by Gasteiger charge is -2.22. The summed E-state index contributed by atoms with van der Waals surface area (Å²) in [6.45, 7) is 5.09. The van der Waals surface area contributed by atoms with Crippen LogP contribution in [0.5, 0.6) is 5.75 Å². The first kappa shape index (κ1) is 24.3. The van der Waals surface area contributed by atoms with Crippen LogP contribution in [0.25, 0.3) is 10.9 Å². The Hall–Kier alpha value is -2.84. The lowest BCUT2D eigenvalue weighted by Crippen LogP contribution is -2.41. The first-order chi connectivity index (χ1) is 16.0. The van der Waals surface area contributed by atoms with E-state index in [1.807, 2.05) is 37.4 Å². The summed E-state index contributed by atoms with van der Waals surface area (Å²) in [6.07, 6.45) is 3.75. The minimum absolute atomic E-state index is 0.172. The third kappa shape index (κ3) is 5.62. The van der Waals surface area contributed by atoms with Crippen molar-refractivity contribution < 1.29 is 17.9 Å². The molecule has 0 unspecified atom stereocenters. The van der Waals surface area contributed by atoms with Crippen molar-refractivity contribution >= 4 is 32.3 Å². The standard InChI is InChI=1S/C26H33N3O4S/c1-26(2,34(4,31)32)17-27-15-22-14-20-13-21(9-12-24(20)29(22)3)28-25(30)19-7-10-23(11-8-19)33-16-18-5-6-18/h7-14,18,27H,5-6,15-17H2,1-4H3,(H,28,30). The summed E-state index contributed by atoms with van der Waals surface area (Å²) in [5.74, 6) is 1.30. The number of amides is 1. The van der Waals surface area contributed by atoms with Crippen molar-refractivity contribution in [2.75, 3.05) is 24.7 Å². The zero-order valence-corrected chi connectivity index (χ0v) is 21.0. The van der Waals surface area contributed by atoms with Crippen LogP contribution in [-0.2, 0) is 23.4 Å². The van der Waals surface area contributed by atoms with Crippen LogP contribution in [0.15, 0.2) is 48.5 Å². The number of sulfone groups is 1. The van der Waals surface area contributed by atoms with Gasteiger partial charge in [-0.15, -0.1) is 0 Å². The summed E-state index contributed by atoms with van der Waals surface area (Å²) in [6, 6.07) is 15.1. The zero-order valence-electron chi connectivity index (χ0n) is 20.2. The summed E-state index contributed by atoms with van der Waals surface area (Å²) in [5.41, 5.74) is 3.36. The van der Waals surface area contributed by atoms with Crippen LogP contribution in [0.4, 0.5) is 5.69 Å². The molecule has 4 rings (SSSR count). The first-order valence-electron chi connectivity index (χ1n) is 11.6. The molecule has 1 heterocycles. The van der Waals surface area contributed by atoms with E-state index in [0.29, 0.717) is 24.6 Å². The molecule has 0 atom stereocenters. The van der Waals surface area contributed by atoms with Crippen molar-refractivity contribution in [3.05, 3.63) is 59.8 Å².